The van der Waals surface area contributed by atoms with E-state index in [1.54, 1.807) is 7.05 Å². The van der Waals surface area contributed by atoms with Crippen molar-refractivity contribution in [3.05, 3.63) is 52.6 Å². The zero-order valence-corrected chi connectivity index (χ0v) is 20.3. The van der Waals surface area contributed by atoms with E-state index in [4.69, 9.17) is 22.2 Å². The zero-order valence-electron chi connectivity index (χ0n) is 20.3. The van der Waals surface area contributed by atoms with Crippen LogP contribution in [0.2, 0.25) is 0 Å². The standard InChI is InChI=1S/C19H26F2N8O.C4H10/c1-27-16-8-29(7-15(16)25-18(27)19(26-23)28(2)24)11-6-14(22)17(30-9-11)12-5-10(20)3-4-13(12)21;1-3-4-2/h3-5,11,14,17H,6-9,22-24H2,1-2H3;3-4H2,1-2H3/b26-19-;/t11?,14?,17-;/m1./s1. The molecule has 2 aromatic rings. The Morgan fingerprint density at radius 1 is 1.26 bits per heavy atom. The van der Waals surface area contributed by atoms with E-state index in [9.17, 15) is 8.78 Å². The Morgan fingerprint density at radius 2 is 1.97 bits per heavy atom. The topological polar surface area (TPSA) is 124 Å². The molecule has 2 unspecified atom stereocenters. The van der Waals surface area contributed by atoms with Gasteiger partial charge in [0.25, 0.3) is 0 Å². The third kappa shape index (κ3) is 5.38. The quantitative estimate of drug-likeness (QED) is 0.266. The monoisotopic (exact) mass is 478 g/mol. The largest absolute Gasteiger partial charge is 0.370 e. The molecule has 0 saturated carbocycles. The Morgan fingerprint density at radius 3 is 2.53 bits per heavy atom. The number of nitrogens with two attached hydrogens (primary N) is 3. The van der Waals surface area contributed by atoms with Crippen molar-refractivity contribution in [2.75, 3.05) is 13.7 Å². The number of fused-ring (bicyclic) bond motifs is 1. The van der Waals surface area contributed by atoms with Gasteiger partial charge in [-0.15, -0.1) is 0 Å². The second-order valence-electron chi connectivity index (χ2n) is 8.83. The van der Waals surface area contributed by atoms with Gasteiger partial charge in [0.2, 0.25) is 5.84 Å². The molecule has 34 heavy (non-hydrogen) atoms. The van der Waals surface area contributed by atoms with Gasteiger partial charge >= 0.3 is 0 Å². The number of amidine groups is 1. The summed E-state index contributed by atoms with van der Waals surface area (Å²) in [5, 5.41) is 5.06. The molecule has 0 amide bonds. The van der Waals surface area contributed by atoms with E-state index >= 15 is 0 Å². The van der Waals surface area contributed by atoms with Crippen LogP contribution in [0.3, 0.4) is 0 Å². The molecule has 0 spiro atoms. The highest BCUT2D eigenvalue weighted by Gasteiger charge is 2.38. The molecule has 1 fully saturated rings. The highest BCUT2D eigenvalue weighted by molar-refractivity contribution is 5.95. The minimum Gasteiger partial charge on any atom is -0.370 e. The molecule has 2 aliphatic rings. The average molecular weight is 479 g/mol. The summed E-state index contributed by atoms with van der Waals surface area (Å²) in [7, 11) is 3.54. The molecule has 0 aliphatic carbocycles. The van der Waals surface area contributed by atoms with Gasteiger partial charge in [-0.1, -0.05) is 26.7 Å². The molecule has 11 heteroatoms. The van der Waals surface area contributed by atoms with E-state index in [0.29, 0.717) is 37.8 Å². The zero-order chi connectivity index (χ0) is 25.0. The van der Waals surface area contributed by atoms with Gasteiger partial charge in [-0.2, -0.15) is 5.10 Å². The van der Waals surface area contributed by atoms with Crippen LogP contribution in [0, 0.1) is 11.6 Å². The van der Waals surface area contributed by atoms with Crippen LogP contribution in [0.5, 0.6) is 0 Å². The van der Waals surface area contributed by atoms with Gasteiger partial charge in [0.15, 0.2) is 5.82 Å². The predicted molar refractivity (Wildman–Crippen MR) is 127 cm³/mol. The Bertz CT molecular complexity index is 1010. The van der Waals surface area contributed by atoms with Crippen LogP contribution in [0.15, 0.2) is 23.3 Å². The van der Waals surface area contributed by atoms with Gasteiger partial charge in [0, 0.05) is 44.8 Å². The number of unbranched alkanes of at least 4 members (excludes halogenated alkanes) is 1. The van der Waals surface area contributed by atoms with E-state index in [1.807, 2.05) is 11.6 Å². The molecule has 1 aromatic carbocycles. The summed E-state index contributed by atoms with van der Waals surface area (Å²) in [6, 6.07) is 2.94. The molecule has 9 nitrogen and oxygen atoms in total. The van der Waals surface area contributed by atoms with Crippen molar-refractivity contribution in [2.24, 2.45) is 29.6 Å². The van der Waals surface area contributed by atoms with Crippen molar-refractivity contribution >= 4 is 5.84 Å². The lowest BCUT2D eigenvalue weighted by molar-refractivity contribution is -0.0535. The van der Waals surface area contributed by atoms with Crippen molar-refractivity contribution in [1.29, 1.82) is 0 Å². The summed E-state index contributed by atoms with van der Waals surface area (Å²) in [6.45, 7) is 6.01. The number of hydrazine groups is 1. The van der Waals surface area contributed by atoms with Gasteiger partial charge in [-0.3, -0.25) is 9.91 Å². The van der Waals surface area contributed by atoms with E-state index < -0.39 is 23.8 Å². The summed E-state index contributed by atoms with van der Waals surface area (Å²) in [6.07, 6.45) is 2.57. The Hall–Kier alpha value is -2.60. The van der Waals surface area contributed by atoms with Crippen LogP contribution in [-0.2, 0) is 24.9 Å². The fourth-order valence-corrected chi connectivity index (χ4v) is 4.27. The minimum atomic E-state index is -0.671. The van der Waals surface area contributed by atoms with Crippen molar-refractivity contribution in [1.82, 2.24) is 19.5 Å². The van der Waals surface area contributed by atoms with Gasteiger partial charge in [0.05, 0.1) is 18.0 Å². The molecule has 0 radical (unpaired) electrons. The van der Waals surface area contributed by atoms with Crippen molar-refractivity contribution in [3.8, 4) is 0 Å². The lowest BCUT2D eigenvalue weighted by Crippen LogP contribution is -2.48. The Balaban J connectivity index is 0.000000751. The second kappa shape index (κ2) is 11.2. The number of hydrogen-bond acceptors (Lipinski definition) is 7. The fraction of sp³-hybridized carbons (Fsp3) is 0.565. The number of benzene rings is 1. The summed E-state index contributed by atoms with van der Waals surface area (Å²) in [5.41, 5.74) is 8.43. The summed E-state index contributed by atoms with van der Waals surface area (Å²) >= 11 is 0. The van der Waals surface area contributed by atoms with Crippen molar-refractivity contribution in [2.45, 2.75) is 64.4 Å². The maximum absolute atomic E-state index is 14.1. The van der Waals surface area contributed by atoms with Gasteiger partial charge < -0.3 is 20.9 Å². The first-order valence-electron chi connectivity index (χ1n) is 11.6. The van der Waals surface area contributed by atoms with Crippen molar-refractivity contribution in [3.63, 3.8) is 0 Å². The number of nitrogens with zero attached hydrogens (tertiary/aromatic N) is 5. The lowest BCUT2D eigenvalue weighted by atomic mass is 9.93. The Kier molecular flexibility index (Phi) is 8.58. The summed E-state index contributed by atoms with van der Waals surface area (Å²) in [5.74, 6) is 11.2. The van der Waals surface area contributed by atoms with Gasteiger partial charge in [0.1, 0.15) is 17.7 Å². The fourth-order valence-electron chi connectivity index (χ4n) is 4.27. The van der Waals surface area contributed by atoms with Crippen LogP contribution in [-0.4, -0.2) is 51.0 Å². The average Bonchev–Trinajstić information content (AvgIpc) is 3.36. The third-order valence-corrected chi connectivity index (χ3v) is 6.34. The minimum absolute atomic E-state index is 0.0466. The molecular formula is C23H36F2N8O. The molecule has 2 aliphatic heterocycles. The number of hydrogen-bond donors (Lipinski definition) is 3. The van der Waals surface area contributed by atoms with Gasteiger partial charge in [-0.25, -0.2) is 19.6 Å². The Labute approximate surface area is 199 Å². The number of aromatic nitrogens is 2. The summed E-state index contributed by atoms with van der Waals surface area (Å²) < 4.78 is 35.5. The van der Waals surface area contributed by atoms with E-state index in [1.165, 1.54) is 17.9 Å². The molecule has 1 saturated heterocycles. The molecule has 3 atom stereocenters. The van der Waals surface area contributed by atoms with Crippen LogP contribution < -0.4 is 17.4 Å². The highest BCUT2D eigenvalue weighted by Crippen LogP contribution is 2.34. The highest BCUT2D eigenvalue weighted by atomic mass is 19.1. The van der Waals surface area contributed by atoms with Crippen molar-refractivity contribution < 1.29 is 13.5 Å². The van der Waals surface area contributed by atoms with Crippen LogP contribution in [0.4, 0.5) is 8.78 Å². The van der Waals surface area contributed by atoms with E-state index in [-0.39, 0.29) is 11.6 Å². The number of imidazole rings is 1. The molecule has 3 heterocycles. The first kappa shape index (κ1) is 26.0. The molecular weight excluding hydrogens is 442 g/mol. The van der Waals surface area contributed by atoms with E-state index in [2.05, 4.69) is 28.8 Å². The maximum atomic E-state index is 14.1. The molecule has 6 N–H and O–H groups in total. The number of ether oxygens (including phenoxy) is 1. The molecule has 4 rings (SSSR count). The molecule has 188 valence electrons. The third-order valence-electron chi connectivity index (χ3n) is 6.34. The maximum Gasteiger partial charge on any atom is 0.205 e. The molecule has 1 aromatic heterocycles. The summed E-state index contributed by atoms with van der Waals surface area (Å²) in [4.78, 5) is 6.88. The van der Waals surface area contributed by atoms with Crippen LogP contribution in [0.25, 0.3) is 0 Å². The SMILES string of the molecule is CCCC.CN(N)/C(=N\N)c1nc2c(n1C)CN(C1CO[C@H](c3cc(F)ccc3F)C(N)C1)C2. The smallest absolute Gasteiger partial charge is 0.205 e. The lowest BCUT2D eigenvalue weighted by Gasteiger charge is -2.38. The number of hydrazone groups is 1. The van der Waals surface area contributed by atoms with E-state index in [0.717, 1.165) is 29.6 Å². The normalized spacial score (nSPS) is 22.8. The second-order valence-corrected chi connectivity index (χ2v) is 8.83. The predicted octanol–water partition coefficient (Wildman–Crippen LogP) is 2.10. The molecule has 0 bridgehead atoms. The van der Waals surface area contributed by atoms with Crippen LogP contribution >= 0.6 is 0 Å². The first-order chi connectivity index (χ1) is 16.2. The van der Waals surface area contributed by atoms with Crippen LogP contribution in [0.1, 0.15) is 62.0 Å². The first-order valence-corrected chi connectivity index (χ1v) is 11.6. The number of halogens is 2. The van der Waals surface area contributed by atoms with Gasteiger partial charge in [-0.05, 0) is 24.6 Å². The number of rotatable bonds is 4.